The lowest BCUT2D eigenvalue weighted by molar-refractivity contribution is 0.282. The van der Waals surface area contributed by atoms with Crippen molar-refractivity contribution in [2.45, 2.75) is 19.6 Å². The van der Waals surface area contributed by atoms with E-state index in [0.29, 0.717) is 10.0 Å². The summed E-state index contributed by atoms with van der Waals surface area (Å²) in [7, 11) is 0. The van der Waals surface area contributed by atoms with Crippen LogP contribution in [0.4, 0.5) is 5.69 Å². The summed E-state index contributed by atoms with van der Waals surface area (Å²) in [5.41, 5.74) is 2.68. The molecule has 100 valence electrons. The van der Waals surface area contributed by atoms with Gasteiger partial charge in [0.05, 0.1) is 22.7 Å². The van der Waals surface area contributed by atoms with E-state index in [9.17, 15) is 5.11 Å². The number of aliphatic hydroxyl groups is 1. The zero-order valence-corrected chi connectivity index (χ0v) is 12.0. The fraction of sp³-hybridized carbons (Fsp3) is 0.200. The van der Waals surface area contributed by atoms with Crippen molar-refractivity contribution in [1.82, 2.24) is 0 Å². The van der Waals surface area contributed by atoms with Crippen LogP contribution in [0.3, 0.4) is 0 Å². The Morgan fingerprint density at radius 2 is 1.84 bits per heavy atom. The number of aliphatic hydroxyl groups excluding tert-OH is 1. The van der Waals surface area contributed by atoms with E-state index in [4.69, 9.17) is 23.2 Å². The van der Waals surface area contributed by atoms with Crippen LogP contribution in [0.5, 0.6) is 0 Å². The van der Waals surface area contributed by atoms with Gasteiger partial charge in [-0.25, -0.2) is 0 Å². The average molecular weight is 296 g/mol. The summed E-state index contributed by atoms with van der Waals surface area (Å²) >= 11 is 12.2. The van der Waals surface area contributed by atoms with Crippen molar-refractivity contribution in [3.05, 3.63) is 63.6 Å². The van der Waals surface area contributed by atoms with Crippen LogP contribution in [0.2, 0.25) is 10.0 Å². The number of anilines is 1. The summed E-state index contributed by atoms with van der Waals surface area (Å²) in [6.07, 6.45) is 0. The van der Waals surface area contributed by atoms with Gasteiger partial charge in [0.1, 0.15) is 0 Å². The van der Waals surface area contributed by atoms with E-state index in [2.05, 4.69) is 5.32 Å². The van der Waals surface area contributed by atoms with Gasteiger partial charge in [-0.15, -0.1) is 0 Å². The smallest absolute Gasteiger partial charge is 0.0701 e. The minimum absolute atomic E-state index is 0.000822. The first-order valence-electron chi connectivity index (χ1n) is 6.02. The third kappa shape index (κ3) is 3.21. The predicted octanol–water partition coefficient (Wildman–Crippen LogP) is 4.66. The normalized spacial score (nSPS) is 12.2. The maximum atomic E-state index is 9.31. The molecule has 2 aromatic carbocycles. The predicted molar refractivity (Wildman–Crippen MR) is 80.9 cm³/mol. The first kappa shape index (κ1) is 14.2. The third-order valence-corrected chi connectivity index (χ3v) is 3.84. The van der Waals surface area contributed by atoms with E-state index in [1.165, 1.54) is 0 Å². The molecule has 19 heavy (non-hydrogen) atoms. The molecule has 0 aliphatic rings. The summed E-state index contributed by atoms with van der Waals surface area (Å²) in [4.78, 5) is 0. The van der Waals surface area contributed by atoms with Gasteiger partial charge in [-0.1, -0.05) is 53.5 Å². The second-order valence-corrected chi connectivity index (χ2v) is 5.11. The lowest BCUT2D eigenvalue weighted by Crippen LogP contribution is -2.09. The van der Waals surface area contributed by atoms with E-state index >= 15 is 0 Å². The van der Waals surface area contributed by atoms with Gasteiger partial charge in [0.2, 0.25) is 0 Å². The van der Waals surface area contributed by atoms with Crippen molar-refractivity contribution in [1.29, 1.82) is 0 Å². The Balaban J connectivity index is 2.26. The Kier molecular flexibility index (Phi) is 4.70. The number of rotatable bonds is 4. The Hall–Kier alpha value is -1.22. The van der Waals surface area contributed by atoms with Crippen LogP contribution >= 0.6 is 23.2 Å². The molecule has 0 heterocycles. The van der Waals surface area contributed by atoms with Crippen LogP contribution in [-0.4, -0.2) is 5.11 Å². The maximum Gasteiger partial charge on any atom is 0.0701 e. The topological polar surface area (TPSA) is 32.3 Å². The standard InChI is InChI=1S/C15H15Cl2NO/c1-10(12-6-4-7-13(16)15(12)17)18-14-8-3-2-5-11(14)9-19/h2-8,10,18-19H,9H2,1H3. The van der Waals surface area contributed by atoms with Crippen LogP contribution in [0.15, 0.2) is 42.5 Å². The van der Waals surface area contributed by atoms with E-state index in [-0.39, 0.29) is 12.6 Å². The summed E-state index contributed by atoms with van der Waals surface area (Å²) in [5.74, 6) is 0. The second kappa shape index (κ2) is 6.29. The molecule has 0 saturated carbocycles. The molecular weight excluding hydrogens is 281 g/mol. The molecule has 0 aliphatic carbocycles. The van der Waals surface area contributed by atoms with Gasteiger partial charge in [-0.05, 0) is 24.6 Å². The van der Waals surface area contributed by atoms with Crippen molar-refractivity contribution in [2.75, 3.05) is 5.32 Å². The quantitative estimate of drug-likeness (QED) is 0.860. The zero-order valence-electron chi connectivity index (χ0n) is 10.5. The van der Waals surface area contributed by atoms with Gasteiger partial charge in [0, 0.05) is 11.3 Å². The molecule has 2 N–H and O–H groups in total. The van der Waals surface area contributed by atoms with E-state index in [1.807, 2.05) is 43.3 Å². The number of nitrogens with one attached hydrogen (secondary N) is 1. The minimum Gasteiger partial charge on any atom is -0.392 e. The van der Waals surface area contributed by atoms with Gasteiger partial charge in [0.15, 0.2) is 0 Å². The molecule has 0 bridgehead atoms. The molecule has 2 rings (SSSR count). The van der Waals surface area contributed by atoms with Crippen molar-refractivity contribution in [3.63, 3.8) is 0 Å². The molecule has 1 unspecified atom stereocenters. The van der Waals surface area contributed by atoms with E-state index < -0.39 is 0 Å². The van der Waals surface area contributed by atoms with Gasteiger partial charge in [-0.3, -0.25) is 0 Å². The van der Waals surface area contributed by atoms with Crippen molar-refractivity contribution in [3.8, 4) is 0 Å². The highest BCUT2D eigenvalue weighted by atomic mass is 35.5. The highest BCUT2D eigenvalue weighted by Gasteiger charge is 2.12. The van der Waals surface area contributed by atoms with Crippen molar-refractivity contribution >= 4 is 28.9 Å². The van der Waals surface area contributed by atoms with Gasteiger partial charge < -0.3 is 10.4 Å². The number of hydrogen-bond acceptors (Lipinski definition) is 2. The first-order chi connectivity index (χ1) is 9.13. The minimum atomic E-state index is -0.00102. The summed E-state index contributed by atoms with van der Waals surface area (Å²) < 4.78 is 0. The van der Waals surface area contributed by atoms with Crippen LogP contribution in [-0.2, 0) is 6.61 Å². The molecule has 0 amide bonds. The largest absolute Gasteiger partial charge is 0.392 e. The lowest BCUT2D eigenvalue weighted by Gasteiger charge is -2.19. The fourth-order valence-electron chi connectivity index (χ4n) is 1.96. The van der Waals surface area contributed by atoms with E-state index in [0.717, 1.165) is 16.8 Å². The molecule has 0 aromatic heterocycles. The van der Waals surface area contributed by atoms with Gasteiger partial charge >= 0.3 is 0 Å². The number of hydrogen-bond donors (Lipinski definition) is 2. The lowest BCUT2D eigenvalue weighted by atomic mass is 10.1. The molecule has 0 fully saturated rings. The van der Waals surface area contributed by atoms with Crippen LogP contribution in [0, 0.1) is 0 Å². The molecule has 4 heteroatoms. The number of para-hydroxylation sites is 1. The Morgan fingerprint density at radius 3 is 2.58 bits per heavy atom. The van der Waals surface area contributed by atoms with E-state index in [1.54, 1.807) is 6.07 Å². The highest BCUT2D eigenvalue weighted by Crippen LogP contribution is 2.32. The average Bonchev–Trinajstić information content (AvgIpc) is 2.42. The molecule has 0 radical (unpaired) electrons. The first-order valence-corrected chi connectivity index (χ1v) is 6.78. The molecule has 0 spiro atoms. The summed E-state index contributed by atoms with van der Waals surface area (Å²) in [6.45, 7) is 2.00. The highest BCUT2D eigenvalue weighted by molar-refractivity contribution is 6.42. The molecule has 0 saturated heterocycles. The van der Waals surface area contributed by atoms with Crippen LogP contribution in [0.1, 0.15) is 24.1 Å². The Morgan fingerprint density at radius 1 is 1.11 bits per heavy atom. The van der Waals surface area contributed by atoms with Gasteiger partial charge in [0.25, 0.3) is 0 Å². The Bertz CT molecular complexity index is 572. The fourth-order valence-corrected chi connectivity index (χ4v) is 2.44. The molecule has 2 aromatic rings. The number of halogens is 2. The zero-order chi connectivity index (χ0) is 13.8. The monoisotopic (exact) mass is 295 g/mol. The van der Waals surface area contributed by atoms with Crippen molar-refractivity contribution < 1.29 is 5.11 Å². The molecular formula is C15H15Cl2NO. The third-order valence-electron chi connectivity index (χ3n) is 3.01. The maximum absolute atomic E-state index is 9.31. The SMILES string of the molecule is CC(Nc1ccccc1CO)c1cccc(Cl)c1Cl. The second-order valence-electron chi connectivity index (χ2n) is 4.32. The van der Waals surface area contributed by atoms with Crippen LogP contribution in [0.25, 0.3) is 0 Å². The van der Waals surface area contributed by atoms with Crippen LogP contribution < -0.4 is 5.32 Å². The Labute approximate surface area is 123 Å². The van der Waals surface area contributed by atoms with Crippen molar-refractivity contribution in [2.24, 2.45) is 0 Å². The van der Waals surface area contributed by atoms with Gasteiger partial charge in [-0.2, -0.15) is 0 Å². The summed E-state index contributed by atoms with van der Waals surface area (Å²) in [6, 6.07) is 13.2. The molecule has 0 aliphatic heterocycles. The summed E-state index contributed by atoms with van der Waals surface area (Å²) in [5, 5.41) is 13.8. The molecule has 1 atom stereocenters. The molecule has 2 nitrogen and oxygen atoms in total. The number of benzene rings is 2.